The monoisotopic (exact) mass is 247 g/mol. The van der Waals surface area contributed by atoms with Crippen LogP contribution in [0.4, 0.5) is 0 Å². The number of aliphatic hydroxyl groups is 1. The maximum Gasteiger partial charge on any atom is 0.123 e. The molecule has 0 saturated carbocycles. The van der Waals surface area contributed by atoms with Crippen LogP contribution in [0.1, 0.15) is 26.1 Å². The third kappa shape index (κ3) is 2.71. The molecular formula is C14H21N3O. The summed E-state index contributed by atoms with van der Waals surface area (Å²) in [5.74, 6) is 1.04. The number of imidazole rings is 1. The van der Waals surface area contributed by atoms with Gasteiger partial charge in [-0.15, -0.1) is 0 Å². The molecule has 0 unspecified atom stereocenters. The summed E-state index contributed by atoms with van der Waals surface area (Å²) in [4.78, 5) is 4.66. The van der Waals surface area contributed by atoms with Crippen molar-refractivity contribution in [3.8, 4) is 0 Å². The van der Waals surface area contributed by atoms with Crippen LogP contribution in [0.3, 0.4) is 0 Å². The van der Waals surface area contributed by atoms with E-state index >= 15 is 0 Å². The van der Waals surface area contributed by atoms with Gasteiger partial charge in [-0.25, -0.2) is 4.98 Å². The van der Waals surface area contributed by atoms with Crippen LogP contribution in [-0.4, -0.2) is 27.3 Å². The van der Waals surface area contributed by atoms with Gasteiger partial charge >= 0.3 is 0 Å². The van der Waals surface area contributed by atoms with Gasteiger partial charge in [0.25, 0.3) is 0 Å². The van der Waals surface area contributed by atoms with Gasteiger partial charge in [0.05, 0.1) is 24.2 Å². The molecule has 1 atom stereocenters. The van der Waals surface area contributed by atoms with Crippen LogP contribution in [0.25, 0.3) is 11.0 Å². The van der Waals surface area contributed by atoms with E-state index in [-0.39, 0.29) is 12.6 Å². The summed E-state index contributed by atoms with van der Waals surface area (Å²) in [5, 5.41) is 12.3. The summed E-state index contributed by atoms with van der Waals surface area (Å²) < 4.78 is 2.26. The Morgan fingerprint density at radius 3 is 2.89 bits per heavy atom. The molecule has 0 saturated heterocycles. The fourth-order valence-corrected chi connectivity index (χ4v) is 2.06. The molecular weight excluding hydrogens is 226 g/mol. The van der Waals surface area contributed by atoms with Crippen LogP contribution < -0.4 is 5.32 Å². The van der Waals surface area contributed by atoms with Crippen molar-refractivity contribution < 1.29 is 5.11 Å². The van der Waals surface area contributed by atoms with E-state index in [0.29, 0.717) is 6.54 Å². The molecule has 0 aliphatic carbocycles. The standard InChI is InChI=1S/C14H21N3O/c1-3-8-17-13-7-5-4-6-12(13)16-14(17)9-15-11(2)10-18/h4-7,11,15,18H,3,8-10H2,1-2H3/t11-/m1/s1. The zero-order chi connectivity index (χ0) is 13.0. The Hall–Kier alpha value is -1.39. The van der Waals surface area contributed by atoms with E-state index in [2.05, 4.69) is 27.9 Å². The maximum atomic E-state index is 9.04. The number of hydrogen-bond acceptors (Lipinski definition) is 3. The summed E-state index contributed by atoms with van der Waals surface area (Å²) in [6.45, 7) is 5.95. The fourth-order valence-electron chi connectivity index (χ4n) is 2.06. The molecule has 0 amide bonds. The van der Waals surface area contributed by atoms with Crippen LogP contribution in [0, 0.1) is 0 Å². The van der Waals surface area contributed by atoms with Gasteiger partial charge in [-0.3, -0.25) is 0 Å². The molecule has 4 heteroatoms. The molecule has 2 N–H and O–H groups in total. The first-order valence-electron chi connectivity index (χ1n) is 6.54. The van der Waals surface area contributed by atoms with Crippen molar-refractivity contribution in [3.63, 3.8) is 0 Å². The van der Waals surface area contributed by atoms with Crippen molar-refractivity contribution >= 4 is 11.0 Å². The molecule has 1 heterocycles. The highest BCUT2D eigenvalue weighted by molar-refractivity contribution is 5.75. The number of rotatable bonds is 6. The quantitative estimate of drug-likeness (QED) is 0.820. The highest BCUT2D eigenvalue weighted by Gasteiger charge is 2.10. The lowest BCUT2D eigenvalue weighted by atomic mass is 10.3. The van der Waals surface area contributed by atoms with Gasteiger partial charge in [-0.05, 0) is 25.5 Å². The second-order valence-electron chi connectivity index (χ2n) is 4.63. The molecule has 4 nitrogen and oxygen atoms in total. The maximum absolute atomic E-state index is 9.04. The first kappa shape index (κ1) is 13.1. The Morgan fingerprint density at radius 2 is 2.17 bits per heavy atom. The number of nitrogens with zero attached hydrogens (tertiary/aromatic N) is 2. The normalized spacial score (nSPS) is 13.1. The van der Waals surface area contributed by atoms with E-state index < -0.39 is 0 Å². The van der Waals surface area contributed by atoms with Crippen molar-refractivity contribution in [2.45, 2.75) is 39.4 Å². The number of benzene rings is 1. The highest BCUT2D eigenvalue weighted by atomic mass is 16.3. The van der Waals surface area contributed by atoms with Gasteiger partial charge in [-0.1, -0.05) is 19.1 Å². The van der Waals surface area contributed by atoms with E-state index in [1.165, 1.54) is 5.52 Å². The van der Waals surface area contributed by atoms with Crippen molar-refractivity contribution in [1.29, 1.82) is 0 Å². The topological polar surface area (TPSA) is 50.1 Å². The van der Waals surface area contributed by atoms with Crippen LogP contribution in [0.15, 0.2) is 24.3 Å². The van der Waals surface area contributed by atoms with E-state index in [4.69, 9.17) is 5.11 Å². The number of aryl methyl sites for hydroxylation is 1. The molecule has 98 valence electrons. The highest BCUT2D eigenvalue weighted by Crippen LogP contribution is 2.16. The molecule has 2 rings (SSSR count). The molecule has 1 aromatic carbocycles. The van der Waals surface area contributed by atoms with Gasteiger partial charge in [0.1, 0.15) is 5.82 Å². The molecule has 18 heavy (non-hydrogen) atoms. The van der Waals surface area contributed by atoms with Gasteiger partial charge in [0.2, 0.25) is 0 Å². The van der Waals surface area contributed by atoms with Gasteiger partial charge in [0, 0.05) is 12.6 Å². The number of aromatic nitrogens is 2. The van der Waals surface area contributed by atoms with Gasteiger partial charge in [-0.2, -0.15) is 0 Å². The Balaban J connectivity index is 2.27. The lowest BCUT2D eigenvalue weighted by Gasteiger charge is -2.12. The minimum Gasteiger partial charge on any atom is -0.395 e. The minimum atomic E-state index is 0.0971. The number of fused-ring (bicyclic) bond motifs is 1. The van der Waals surface area contributed by atoms with E-state index in [0.717, 1.165) is 24.3 Å². The summed E-state index contributed by atoms with van der Waals surface area (Å²) >= 11 is 0. The fraction of sp³-hybridized carbons (Fsp3) is 0.500. The Kier molecular flexibility index (Phi) is 4.33. The van der Waals surface area contributed by atoms with Crippen molar-refractivity contribution in [3.05, 3.63) is 30.1 Å². The van der Waals surface area contributed by atoms with E-state index in [1.54, 1.807) is 0 Å². The molecule has 0 spiro atoms. The third-order valence-electron chi connectivity index (χ3n) is 3.06. The summed E-state index contributed by atoms with van der Waals surface area (Å²) in [6, 6.07) is 8.31. The molecule has 0 aliphatic rings. The number of nitrogens with one attached hydrogen (secondary N) is 1. The van der Waals surface area contributed by atoms with Gasteiger partial charge in [0.15, 0.2) is 0 Å². The van der Waals surface area contributed by atoms with E-state index in [1.807, 2.05) is 25.1 Å². The number of para-hydroxylation sites is 2. The Morgan fingerprint density at radius 1 is 1.39 bits per heavy atom. The predicted molar refractivity (Wildman–Crippen MR) is 73.4 cm³/mol. The average Bonchev–Trinajstić information content (AvgIpc) is 2.75. The molecule has 1 aromatic heterocycles. The summed E-state index contributed by atoms with van der Waals surface area (Å²) in [7, 11) is 0. The zero-order valence-corrected chi connectivity index (χ0v) is 11.1. The summed E-state index contributed by atoms with van der Waals surface area (Å²) in [6.07, 6.45) is 1.09. The first-order valence-corrected chi connectivity index (χ1v) is 6.54. The second kappa shape index (κ2) is 5.98. The Labute approximate surface area is 108 Å². The van der Waals surface area contributed by atoms with Crippen molar-refractivity contribution in [2.24, 2.45) is 0 Å². The molecule has 0 bridgehead atoms. The lowest BCUT2D eigenvalue weighted by Crippen LogP contribution is -2.29. The first-order chi connectivity index (χ1) is 8.76. The predicted octanol–water partition coefficient (Wildman–Crippen LogP) is 1.92. The van der Waals surface area contributed by atoms with E-state index in [9.17, 15) is 0 Å². The van der Waals surface area contributed by atoms with Crippen LogP contribution in [0.2, 0.25) is 0 Å². The number of aliphatic hydroxyl groups excluding tert-OH is 1. The van der Waals surface area contributed by atoms with Gasteiger partial charge < -0.3 is 15.0 Å². The lowest BCUT2D eigenvalue weighted by molar-refractivity contribution is 0.250. The molecule has 0 aliphatic heterocycles. The molecule has 0 fully saturated rings. The second-order valence-corrected chi connectivity index (χ2v) is 4.63. The average molecular weight is 247 g/mol. The van der Waals surface area contributed by atoms with Crippen LogP contribution in [0.5, 0.6) is 0 Å². The summed E-state index contributed by atoms with van der Waals surface area (Å²) in [5.41, 5.74) is 2.23. The smallest absolute Gasteiger partial charge is 0.123 e. The minimum absolute atomic E-state index is 0.0971. The zero-order valence-electron chi connectivity index (χ0n) is 11.1. The van der Waals surface area contributed by atoms with Crippen LogP contribution in [-0.2, 0) is 13.1 Å². The molecule has 0 radical (unpaired) electrons. The largest absolute Gasteiger partial charge is 0.395 e. The van der Waals surface area contributed by atoms with Crippen molar-refractivity contribution in [1.82, 2.24) is 14.9 Å². The number of hydrogen-bond donors (Lipinski definition) is 2. The van der Waals surface area contributed by atoms with Crippen LogP contribution >= 0.6 is 0 Å². The molecule has 2 aromatic rings. The SMILES string of the molecule is CCCn1c(CN[C@H](C)CO)nc2ccccc21. The Bertz CT molecular complexity index is 507. The van der Waals surface area contributed by atoms with Crippen molar-refractivity contribution in [2.75, 3.05) is 6.61 Å². The third-order valence-corrected chi connectivity index (χ3v) is 3.06.